The molecule has 1 rings (SSSR count). The second kappa shape index (κ2) is 9.95. The zero-order valence-corrected chi connectivity index (χ0v) is 19.8. The first-order valence-electron chi connectivity index (χ1n) is 10.4. The maximum atomic E-state index is 11.3. The molecule has 156 valence electrons. The Morgan fingerprint density at radius 1 is 1.24 bits per heavy atom. The van der Waals surface area contributed by atoms with Gasteiger partial charge in [0.15, 0.2) is 0 Å². The summed E-state index contributed by atoms with van der Waals surface area (Å²) in [4.78, 5) is 0. The van der Waals surface area contributed by atoms with Crippen LogP contribution in [0.5, 0.6) is 0 Å². The van der Waals surface area contributed by atoms with Crippen molar-refractivity contribution in [3.63, 3.8) is 0 Å². The topological polar surface area (TPSA) is 20.2 Å². The standard InChI is InChI=1S/C28H38O/c1-12-19(6)25(22(9)18(4)5)26(27(20(7)13-2)28(10,11)29)24-16-15-23(14-3)17-21(24)8/h3,12,15-17,26,29H,4,13H2,1-2,5-11H3/b19-12+,25-22+,27-20+/t26-/m0/s1. The molecule has 29 heavy (non-hydrogen) atoms. The lowest BCUT2D eigenvalue weighted by atomic mass is 9.70. The SMILES string of the molecule is C#Cc1ccc([C@@H](C(=C(\C)C(=C)C)/C(C)=C/C)/C(=C(/C)CC)C(C)(C)O)c(C)c1. The molecule has 0 aromatic heterocycles. The Bertz CT molecular complexity index is 905. The maximum Gasteiger partial charge on any atom is 0.0812 e. The van der Waals surface area contributed by atoms with Gasteiger partial charge in [-0.05, 0) is 102 Å². The Kier molecular flexibility index (Phi) is 8.49. The minimum Gasteiger partial charge on any atom is -0.386 e. The summed E-state index contributed by atoms with van der Waals surface area (Å²) in [6, 6.07) is 6.18. The van der Waals surface area contributed by atoms with E-state index >= 15 is 0 Å². The van der Waals surface area contributed by atoms with Gasteiger partial charge in [-0.25, -0.2) is 0 Å². The van der Waals surface area contributed by atoms with E-state index in [9.17, 15) is 5.11 Å². The van der Waals surface area contributed by atoms with Crippen LogP contribution in [0.1, 0.15) is 84.4 Å². The highest BCUT2D eigenvalue weighted by atomic mass is 16.3. The third kappa shape index (κ3) is 5.62. The predicted molar refractivity (Wildman–Crippen MR) is 128 cm³/mol. The number of aliphatic hydroxyl groups is 1. The first kappa shape index (κ1) is 24.7. The Labute approximate surface area is 178 Å². The zero-order chi connectivity index (χ0) is 22.5. The summed E-state index contributed by atoms with van der Waals surface area (Å²) in [5.74, 6) is 2.66. The maximum absolute atomic E-state index is 11.3. The summed E-state index contributed by atoms with van der Waals surface area (Å²) in [5, 5.41) is 11.3. The summed E-state index contributed by atoms with van der Waals surface area (Å²) in [6.07, 6.45) is 8.65. The van der Waals surface area contributed by atoms with E-state index in [0.717, 1.165) is 34.3 Å². The molecule has 1 N–H and O–H groups in total. The van der Waals surface area contributed by atoms with Crippen LogP contribution in [0.25, 0.3) is 0 Å². The number of benzene rings is 1. The van der Waals surface area contributed by atoms with Crippen molar-refractivity contribution in [3.05, 3.63) is 81.0 Å². The average Bonchev–Trinajstić information content (AvgIpc) is 2.65. The molecule has 0 saturated heterocycles. The zero-order valence-electron chi connectivity index (χ0n) is 19.8. The van der Waals surface area contributed by atoms with E-state index in [1.54, 1.807) is 0 Å². The fourth-order valence-electron chi connectivity index (χ4n) is 3.98. The van der Waals surface area contributed by atoms with Gasteiger partial charge in [0.1, 0.15) is 0 Å². The Balaban J connectivity index is 4.16. The van der Waals surface area contributed by atoms with Gasteiger partial charge in [-0.15, -0.1) is 6.42 Å². The first-order chi connectivity index (χ1) is 13.4. The lowest BCUT2D eigenvalue weighted by Crippen LogP contribution is -2.30. The molecule has 0 unspecified atom stereocenters. The fraction of sp³-hybridized carbons (Fsp3) is 0.429. The van der Waals surface area contributed by atoms with Crippen LogP contribution in [-0.2, 0) is 0 Å². The number of allylic oxidation sites excluding steroid dienone is 6. The van der Waals surface area contributed by atoms with Crippen molar-refractivity contribution in [2.45, 2.75) is 80.3 Å². The first-order valence-corrected chi connectivity index (χ1v) is 10.4. The van der Waals surface area contributed by atoms with Gasteiger partial charge < -0.3 is 5.11 Å². The lowest BCUT2D eigenvalue weighted by Gasteiger charge is -2.36. The highest BCUT2D eigenvalue weighted by Crippen LogP contribution is 2.45. The molecule has 1 atom stereocenters. The summed E-state index contributed by atoms with van der Waals surface area (Å²) in [5.41, 5.74) is 9.07. The summed E-state index contributed by atoms with van der Waals surface area (Å²) < 4.78 is 0. The number of hydrogen-bond acceptors (Lipinski definition) is 1. The second-order valence-electron chi connectivity index (χ2n) is 8.55. The lowest BCUT2D eigenvalue weighted by molar-refractivity contribution is 0.113. The molecule has 0 bridgehead atoms. The summed E-state index contributed by atoms with van der Waals surface area (Å²) >= 11 is 0. The molecule has 1 aromatic rings. The van der Waals surface area contributed by atoms with E-state index in [2.05, 4.69) is 72.3 Å². The highest BCUT2D eigenvalue weighted by Gasteiger charge is 2.34. The molecule has 0 amide bonds. The van der Waals surface area contributed by atoms with Crippen molar-refractivity contribution in [2.24, 2.45) is 0 Å². The van der Waals surface area contributed by atoms with Crippen LogP contribution >= 0.6 is 0 Å². The van der Waals surface area contributed by atoms with Crippen molar-refractivity contribution in [1.82, 2.24) is 0 Å². The van der Waals surface area contributed by atoms with E-state index < -0.39 is 5.60 Å². The minimum absolute atomic E-state index is 0.0744. The molecular formula is C28H38O. The van der Waals surface area contributed by atoms with Crippen LogP contribution in [0.2, 0.25) is 0 Å². The van der Waals surface area contributed by atoms with Crippen molar-refractivity contribution < 1.29 is 5.11 Å². The van der Waals surface area contributed by atoms with Gasteiger partial charge in [0.25, 0.3) is 0 Å². The van der Waals surface area contributed by atoms with E-state index in [0.29, 0.717) is 0 Å². The monoisotopic (exact) mass is 390 g/mol. The van der Waals surface area contributed by atoms with Crippen LogP contribution in [0.3, 0.4) is 0 Å². The molecule has 0 aliphatic heterocycles. The molecule has 1 aromatic carbocycles. The molecule has 0 radical (unpaired) electrons. The van der Waals surface area contributed by atoms with Crippen LogP contribution in [-0.4, -0.2) is 10.7 Å². The molecule has 0 aliphatic rings. The molecule has 0 fully saturated rings. The van der Waals surface area contributed by atoms with Gasteiger partial charge in [0.2, 0.25) is 0 Å². The van der Waals surface area contributed by atoms with Crippen molar-refractivity contribution >= 4 is 0 Å². The van der Waals surface area contributed by atoms with Gasteiger partial charge in [-0.3, -0.25) is 0 Å². The van der Waals surface area contributed by atoms with E-state index in [1.807, 2.05) is 26.8 Å². The number of terminal acetylenes is 1. The molecule has 0 heterocycles. The molecular weight excluding hydrogens is 352 g/mol. The van der Waals surface area contributed by atoms with Crippen LogP contribution in [0.4, 0.5) is 0 Å². The largest absolute Gasteiger partial charge is 0.386 e. The Hall–Kier alpha value is -2.30. The van der Waals surface area contributed by atoms with Gasteiger partial charge >= 0.3 is 0 Å². The van der Waals surface area contributed by atoms with Crippen LogP contribution < -0.4 is 0 Å². The molecule has 1 nitrogen and oxygen atoms in total. The molecule has 0 spiro atoms. The van der Waals surface area contributed by atoms with E-state index in [1.165, 1.54) is 22.3 Å². The number of rotatable bonds is 7. The summed E-state index contributed by atoms with van der Waals surface area (Å²) in [7, 11) is 0. The fourth-order valence-corrected chi connectivity index (χ4v) is 3.98. The quantitative estimate of drug-likeness (QED) is 0.292. The van der Waals surface area contributed by atoms with E-state index in [4.69, 9.17) is 6.42 Å². The smallest absolute Gasteiger partial charge is 0.0812 e. The molecule has 1 heteroatoms. The van der Waals surface area contributed by atoms with Gasteiger partial charge in [0.05, 0.1) is 5.60 Å². The third-order valence-corrected chi connectivity index (χ3v) is 5.88. The van der Waals surface area contributed by atoms with Crippen LogP contribution in [0, 0.1) is 19.3 Å². The molecule has 0 saturated carbocycles. The van der Waals surface area contributed by atoms with Crippen molar-refractivity contribution in [3.8, 4) is 12.3 Å². The highest BCUT2D eigenvalue weighted by molar-refractivity contribution is 5.57. The average molecular weight is 391 g/mol. The summed E-state index contributed by atoms with van der Waals surface area (Å²) in [6.45, 7) is 22.7. The predicted octanol–water partition coefficient (Wildman–Crippen LogP) is 7.42. The van der Waals surface area contributed by atoms with Gasteiger partial charge in [-0.1, -0.05) is 48.3 Å². The number of hydrogen-bond donors (Lipinski definition) is 1. The van der Waals surface area contributed by atoms with E-state index in [-0.39, 0.29) is 5.92 Å². The Morgan fingerprint density at radius 2 is 1.83 bits per heavy atom. The van der Waals surface area contributed by atoms with Gasteiger partial charge in [0, 0.05) is 11.5 Å². The third-order valence-electron chi connectivity index (χ3n) is 5.88. The van der Waals surface area contributed by atoms with Crippen molar-refractivity contribution in [2.75, 3.05) is 0 Å². The van der Waals surface area contributed by atoms with Crippen LogP contribution in [0.15, 0.2) is 64.3 Å². The normalized spacial score (nSPS) is 15.3. The molecule has 0 aliphatic carbocycles. The van der Waals surface area contributed by atoms with Crippen molar-refractivity contribution in [1.29, 1.82) is 0 Å². The Morgan fingerprint density at radius 3 is 2.21 bits per heavy atom. The second-order valence-corrected chi connectivity index (χ2v) is 8.55. The number of aryl methyl sites for hydroxylation is 1. The van der Waals surface area contributed by atoms with Gasteiger partial charge in [-0.2, -0.15) is 0 Å². The minimum atomic E-state index is -0.962.